The van der Waals surface area contributed by atoms with Gasteiger partial charge in [-0.15, -0.1) is 5.10 Å². The van der Waals surface area contributed by atoms with E-state index in [2.05, 4.69) is 0 Å². The van der Waals surface area contributed by atoms with Gasteiger partial charge in [0.1, 0.15) is 5.82 Å². The fraction of sp³-hybridized carbons (Fsp3) is 0.600. The number of hydrogen-bond acceptors (Lipinski definition) is 8. The Balaban J connectivity index is 1.39. The molecule has 0 amide bonds. The van der Waals surface area contributed by atoms with Crippen molar-refractivity contribution in [1.82, 2.24) is 14.6 Å². The molecule has 3 aliphatic rings. The molecule has 4 heterocycles. The van der Waals surface area contributed by atoms with Gasteiger partial charge in [-0.2, -0.15) is 13.2 Å². The minimum atomic E-state index is -4.50. The number of hydrogen-bond donors (Lipinski definition) is 2. The van der Waals surface area contributed by atoms with Gasteiger partial charge in [0.15, 0.2) is 21.8 Å². The summed E-state index contributed by atoms with van der Waals surface area (Å²) in [5.74, 6) is 1.30. The summed E-state index contributed by atoms with van der Waals surface area (Å²) in [5, 5.41) is 25.5. The molecule has 13 heteroatoms. The molecule has 1 saturated carbocycles. The highest BCUT2D eigenvalue weighted by molar-refractivity contribution is 7.92. The third-order valence-electron chi connectivity index (χ3n) is 9.38. The van der Waals surface area contributed by atoms with E-state index in [0.29, 0.717) is 61.4 Å². The molecule has 1 unspecified atom stereocenters. The van der Waals surface area contributed by atoms with Crippen molar-refractivity contribution in [3.8, 4) is 0 Å². The number of imidazole rings is 1. The second kappa shape index (κ2) is 11.3. The Labute approximate surface area is 248 Å². The van der Waals surface area contributed by atoms with Crippen LogP contribution >= 0.6 is 0 Å². The van der Waals surface area contributed by atoms with Crippen LogP contribution in [-0.2, 0) is 33.6 Å². The van der Waals surface area contributed by atoms with Gasteiger partial charge in [-0.25, -0.2) is 17.9 Å². The van der Waals surface area contributed by atoms with Gasteiger partial charge < -0.3 is 19.8 Å². The largest absolute Gasteiger partial charge is 0.416 e. The van der Waals surface area contributed by atoms with E-state index in [-0.39, 0.29) is 40.1 Å². The number of benzene rings is 1. The van der Waals surface area contributed by atoms with Crippen molar-refractivity contribution >= 4 is 21.3 Å². The van der Waals surface area contributed by atoms with E-state index >= 15 is 0 Å². The van der Waals surface area contributed by atoms with Gasteiger partial charge in [0.25, 0.3) is 0 Å². The molecule has 1 spiro atoms. The lowest BCUT2D eigenvalue weighted by Crippen LogP contribution is -2.51. The smallest absolute Gasteiger partial charge is 0.378 e. The topological polar surface area (TPSA) is 117 Å². The van der Waals surface area contributed by atoms with Gasteiger partial charge in [0.2, 0.25) is 0 Å². The van der Waals surface area contributed by atoms with Crippen LogP contribution in [0.4, 0.5) is 19.0 Å². The van der Waals surface area contributed by atoms with Gasteiger partial charge in [-0.1, -0.05) is 25.0 Å². The first kappa shape index (κ1) is 30.3. The number of alkyl halides is 3. The molecule has 0 radical (unpaired) electrons. The highest BCUT2D eigenvalue weighted by atomic mass is 32.2. The normalized spacial score (nSPS) is 21.9. The van der Waals surface area contributed by atoms with Crippen molar-refractivity contribution in [3.63, 3.8) is 0 Å². The number of aliphatic hydroxyl groups is 2. The van der Waals surface area contributed by atoms with Crippen molar-refractivity contribution in [2.45, 2.75) is 64.3 Å². The Morgan fingerprint density at radius 1 is 1.19 bits per heavy atom. The molecule has 9 nitrogen and oxygen atoms in total. The van der Waals surface area contributed by atoms with E-state index < -0.39 is 27.9 Å². The Hall–Kier alpha value is -2.74. The Morgan fingerprint density at radius 2 is 1.93 bits per heavy atom. The Bertz CT molecular complexity index is 1600. The number of aromatic nitrogens is 3. The second-order valence-electron chi connectivity index (χ2n) is 12.5. The minimum absolute atomic E-state index is 0.125. The van der Waals surface area contributed by atoms with Gasteiger partial charge in [-0.3, -0.25) is 0 Å². The number of sulfone groups is 1. The number of morpholine rings is 1. The standard InChI is InChI=1S/C30H37F3N4O5S/c1-19-21(5-2-6-23(19)30(31,32)33)14-25-24(8-7-20-4-3-9-29(16-20)17-43(40,41)18-29)34-27-22(28(38)39)15-26(35-37(25)27)36-10-12-42-13-11-36/h2,5-6,15,20,28,38-39H,3-4,7-14,16-18H2,1H3. The summed E-state index contributed by atoms with van der Waals surface area (Å²) in [4.78, 5) is 6.79. The van der Waals surface area contributed by atoms with Crippen LogP contribution in [0.25, 0.3) is 5.65 Å². The molecular formula is C30H37F3N4O5S. The molecule has 43 heavy (non-hydrogen) atoms. The fourth-order valence-electron chi connectivity index (χ4n) is 7.32. The first-order valence-corrected chi connectivity index (χ1v) is 16.6. The molecule has 1 aromatic carbocycles. The third-order valence-corrected chi connectivity index (χ3v) is 11.5. The zero-order valence-corrected chi connectivity index (χ0v) is 24.9. The lowest BCUT2D eigenvalue weighted by Gasteiger charge is -2.46. The SMILES string of the molecule is Cc1c(Cc2c(CCC3CCCC4(C3)CS(=O)(=O)C4)nc3c(C(O)O)cc(N4CCOCC4)nn23)cccc1C(F)(F)F. The summed E-state index contributed by atoms with van der Waals surface area (Å²) in [5.41, 5.74) is 1.45. The van der Waals surface area contributed by atoms with Crippen LogP contribution in [0.1, 0.15) is 72.0 Å². The molecular weight excluding hydrogens is 585 g/mol. The van der Waals surface area contributed by atoms with Gasteiger partial charge in [-0.05, 0) is 67.2 Å². The highest BCUT2D eigenvalue weighted by Crippen LogP contribution is 2.48. The third kappa shape index (κ3) is 6.13. The monoisotopic (exact) mass is 622 g/mol. The molecule has 3 aromatic rings. The molecule has 2 aliphatic heterocycles. The maximum Gasteiger partial charge on any atom is 0.416 e. The van der Waals surface area contributed by atoms with E-state index in [1.807, 2.05) is 4.90 Å². The van der Waals surface area contributed by atoms with E-state index in [1.165, 1.54) is 13.0 Å². The Kier molecular flexibility index (Phi) is 7.97. The summed E-state index contributed by atoms with van der Waals surface area (Å²) in [7, 11) is -2.95. The molecule has 6 rings (SSSR count). The van der Waals surface area contributed by atoms with Crippen molar-refractivity contribution in [1.29, 1.82) is 0 Å². The van der Waals surface area contributed by atoms with Crippen LogP contribution in [0.5, 0.6) is 0 Å². The maximum atomic E-state index is 13.8. The highest BCUT2D eigenvalue weighted by Gasteiger charge is 2.50. The number of rotatable bonds is 7. The quantitative estimate of drug-likeness (QED) is 0.380. The lowest BCUT2D eigenvalue weighted by atomic mass is 9.70. The van der Waals surface area contributed by atoms with Crippen LogP contribution in [0.2, 0.25) is 0 Å². The van der Waals surface area contributed by atoms with E-state index in [0.717, 1.165) is 38.2 Å². The molecule has 2 saturated heterocycles. The van der Waals surface area contributed by atoms with Gasteiger partial charge >= 0.3 is 6.18 Å². The summed E-state index contributed by atoms with van der Waals surface area (Å²) in [6, 6.07) is 5.74. The zero-order chi connectivity index (χ0) is 30.6. The van der Waals surface area contributed by atoms with E-state index in [9.17, 15) is 31.8 Å². The predicted octanol–water partition coefficient (Wildman–Crippen LogP) is 4.00. The van der Waals surface area contributed by atoms with Crippen LogP contribution in [0, 0.1) is 18.3 Å². The average Bonchev–Trinajstić information content (AvgIpc) is 3.28. The number of aryl methyl sites for hydroxylation is 1. The maximum absolute atomic E-state index is 13.8. The summed E-state index contributed by atoms with van der Waals surface area (Å²) in [6.45, 7) is 3.56. The molecule has 1 atom stereocenters. The van der Waals surface area contributed by atoms with Crippen LogP contribution in [-0.4, -0.2) is 71.0 Å². The van der Waals surface area contributed by atoms with Crippen molar-refractivity contribution < 1.29 is 36.5 Å². The zero-order valence-electron chi connectivity index (χ0n) is 24.1. The fourth-order valence-corrected chi connectivity index (χ4v) is 9.62. The van der Waals surface area contributed by atoms with Crippen LogP contribution in [0.3, 0.4) is 0 Å². The second-order valence-corrected chi connectivity index (χ2v) is 14.5. The van der Waals surface area contributed by atoms with Crippen molar-refractivity contribution in [2.24, 2.45) is 11.3 Å². The number of nitrogens with zero attached hydrogens (tertiary/aromatic N) is 4. The van der Waals surface area contributed by atoms with Gasteiger partial charge in [0.05, 0.1) is 47.2 Å². The summed E-state index contributed by atoms with van der Waals surface area (Å²) >= 11 is 0. The first-order valence-electron chi connectivity index (χ1n) is 14.8. The molecule has 234 valence electrons. The van der Waals surface area contributed by atoms with Crippen molar-refractivity contribution in [3.05, 3.63) is 57.9 Å². The number of halogens is 3. The lowest BCUT2D eigenvalue weighted by molar-refractivity contribution is -0.138. The van der Waals surface area contributed by atoms with Crippen molar-refractivity contribution in [2.75, 3.05) is 42.7 Å². The first-order chi connectivity index (χ1) is 20.3. The average molecular weight is 623 g/mol. The molecule has 2 N–H and O–H groups in total. The number of anilines is 1. The van der Waals surface area contributed by atoms with Crippen LogP contribution in [0.15, 0.2) is 24.3 Å². The summed E-state index contributed by atoms with van der Waals surface area (Å²) in [6.07, 6.45) is -1.24. The number of fused-ring (bicyclic) bond motifs is 1. The van der Waals surface area contributed by atoms with E-state index in [1.54, 1.807) is 16.6 Å². The molecule has 3 fully saturated rings. The van der Waals surface area contributed by atoms with Gasteiger partial charge in [0, 0.05) is 19.5 Å². The summed E-state index contributed by atoms with van der Waals surface area (Å²) < 4.78 is 72.3. The predicted molar refractivity (Wildman–Crippen MR) is 154 cm³/mol. The van der Waals surface area contributed by atoms with E-state index in [4.69, 9.17) is 14.8 Å². The number of aliphatic hydroxyl groups excluding tert-OH is 1. The number of ether oxygens (including phenoxy) is 1. The van der Waals surface area contributed by atoms with Crippen LogP contribution < -0.4 is 4.90 Å². The molecule has 1 aliphatic carbocycles. The molecule has 0 bridgehead atoms. The Morgan fingerprint density at radius 3 is 2.60 bits per heavy atom. The molecule has 2 aromatic heterocycles. The minimum Gasteiger partial charge on any atom is -0.378 e.